The fourth-order valence-electron chi connectivity index (χ4n) is 4.11. The van der Waals surface area contributed by atoms with Crippen molar-refractivity contribution in [3.8, 4) is 0 Å². The van der Waals surface area contributed by atoms with Crippen LogP contribution in [0.1, 0.15) is 48.4 Å². The molecular weight excluding hydrogens is 234 g/mol. The minimum atomic E-state index is 0.0936. The molecule has 0 radical (unpaired) electrons. The van der Waals surface area contributed by atoms with Gasteiger partial charge in [0.25, 0.3) is 0 Å². The first-order chi connectivity index (χ1) is 9.16. The number of hydrogen-bond donors (Lipinski definition) is 1. The molecule has 0 spiro atoms. The van der Waals surface area contributed by atoms with E-state index in [-0.39, 0.29) is 5.41 Å². The molecule has 2 aliphatic rings. The van der Waals surface area contributed by atoms with E-state index >= 15 is 0 Å². The molecule has 1 unspecified atom stereocenters. The highest BCUT2D eigenvalue weighted by Gasteiger charge is 2.45. The SMILES string of the molecule is CN(C)C(c1ccc2c(c1)CCC2)C1(CO)CCC1. The summed E-state index contributed by atoms with van der Waals surface area (Å²) in [4.78, 5) is 2.30. The topological polar surface area (TPSA) is 23.5 Å². The molecule has 0 aliphatic heterocycles. The lowest BCUT2D eigenvalue weighted by Gasteiger charge is -2.49. The fraction of sp³-hybridized carbons (Fsp3) is 0.647. The Morgan fingerprint density at radius 1 is 1.16 bits per heavy atom. The van der Waals surface area contributed by atoms with E-state index in [0.717, 1.165) is 12.8 Å². The monoisotopic (exact) mass is 259 g/mol. The van der Waals surface area contributed by atoms with Crippen molar-refractivity contribution in [2.75, 3.05) is 20.7 Å². The van der Waals surface area contributed by atoms with E-state index in [1.165, 1.54) is 42.4 Å². The second kappa shape index (κ2) is 4.92. The number of rotatable bonds is 4. The third kappa shape index (κ3) is 2.11. The number of hydrogen-bond acceptors (Lipinski definition) is 2. The van der Waals surface area contributed by atoms with E-state index in [4.69, 9.17) is 0 Å². The summed E-state index contributed by atoms with van der Waals surface area (Å²) < 4.78 is 0. The predicted molar refractivity (Wildman–Crippen MR) is 78.3 cm³/mol. The number of aliphatic hydroxyl groups excluding tert-OH is 1. The Morgan fingerprint density at radius 2 is 1.89 bits per heavy atom. The molecule has 0 bridgehead atoms. The second-order valence-electron chi connectivity index (χ2n) is 6.62. The molecule has 0 amide bonds. The molecule has 2 aliphatic carbocycles. The van der Waals surface area contributed by atoms with Gasteiger partial charge in [0, 0.05) is 11.5 Å². The fourth-order valence-corrected chi connectivity index (χ4v) is 4.11. The molecule has 0 aromatic heterocycles. The molecule has 1 fully saturated rings. The summed E-state index contributed by atoms with van der Waals surface area (Å²) >= 11 is 0. The molecule has 0 heterocycles. The van der Waals surface area contributed by atoms with Crippen LogP contribution in [0.3, 0.4) is 0 Å². The number of nitrogens with zero attached hydrogens (tertiary/aromatic N) is 1. The number of benzene rings is 1. The van der Waals surface area contributed by atoms with Crippen molar-refractivity contribution in [2.45, 2.75) is 44.6 Å². The zero-order valence-electron chi connectivity index (χ0n) is 12.2. The average molecular weight is 259 g/mol. The van der Waals surface area contributed by atoms with Crippen LogP contribution in [0.2, 0.25) is 0 Å². The summed E-state index contributed by atoms with van der Waals surface area (Å²) in [6.45, 7) is 0.312. The minimum Gasteiger partial charge on any atom is -0.396 e. The van der Waals surface area contributed by atoms with Crippen LogP contribution < -0.4 is 0 Å². The summed E-state index contributed by atoms with van der Waals surface area (Å²) in [6.07, 6.45) is 7.35. The van der Waals surface area contributed by atoms with Crippen LogP contribution in [-0.4, -0.2) is 30.7 Å². The van der Waals surface area contributed by atoms with Gasteiger partial charge in [-0.1, -0.05) is 24.6 Å². The van der Waals surface area contributed by atoms with E-state index < -0.39 is 0 Å². The summed E-state index contributed by atoms with van der Waals surface area (Å²) in [5, 5.41) is 9.88. The van der Waals surface area contributed by atoms with Crippen molar-refractivity contribution in [3.05, 3.63) is 34.9 Å². The molecule has 3 rings (SSSR count). The molecule has 19 heavy (non-hydrogen) atoms. The Hall–Kier alpha value is -0.860. The van der Waals surface area contributed by atoms with E-state index in [1.807, 2.05) is 0 Å². The quantitative estimate of drug-likeness (QED) is 0.898. The maximum atomic E-state index is 9.88. The van der Waals surface area contributed by atoms with E-state index in [1.54, 1.807) is 0 Å². The largest absolute Gasteiger partial charge is 0.396 e. The van der Waals surface area contributed by atoms with Gasteiger partial charge in [0.15, 0.2) is 0 Å². The maximum Gasteiger partial charge on any atom is 0.0505 e. The van der Waals surface area contributed by atoms with E-state index in [2.05, 4.69) is 37.2 Å². The molecule has 1 saturated carbocycles. The standard InChI is InChI=1S/C17H25NO/c1-18(2)16(17(12-19)9-4-10-17)15-8-7-13-5-3-6-14(13)11-15/h7-8,11,16,19H,3-6,9-10,12H2,1-2H3. The molecule has 1 N–H and O–H groups in total. The van der Waals surface area contributed by atoms with Crippen LogP contribution in [-0.2, 0) is 12.8 Å². The molecule has 1 atom stereocenters. The molecule has 2 heteroatoms. The molecule has 0 saturated heterocycles. The Bertz CT molecular complexity index is 457. The lowest BCUT2D eigenvalue weighted by Crippen LogP contribution is -2.45. The Labute approximate surface area is 116 Å². The second-order valence-corrected chi connectivity index (χ2v) is 6.62. The van der Waals surface area contributed by atoms with Crippen molar-refractivity contribution in [2.24, 2.45) is 5.41 Å². The lowest BCUT2D eigenvalue weighted by molar-refractivity contribution is -0.0308. The molecular formula is C17H25NO. The van der Waals surface area contributed by atoms with Gasteiger partial charge < -0.3 is 10.0 Å². The molecule has 1 aromatic rings. The first-order valence-electron chi connectivity index (χ1n) is 7.55. The van der Waals surface area contributed by atoms with E-state index in [9.17, 15) is 5.11 Å². The summed E-state index contributed by atoms with van der Waals surface area (Å²) in [7, 11) is 4.29. The van der Waals surface area contributed by atoms with Crippen molar-refractivity contribution >= 4 is 0 Å². The van der Waals surface area contributed by atoms with Crippen LogP contribution in [0.4, 0.5) is 0 Å². The summed E-state index contributed by atoms with van der Waals surface area (Å²) in [5.41, 5.74) is 4.57. The third-order valence-electron chi connectivity index (χ3n) is 5.20. The van der Waals surface area contributed by atoms with Crippen molar-refractivity contribution in [3.63, 3.8) is 0 Å². The summed E-state index contributed by atoms with van der Waals surface area (Å²) in [6, 6.07) is 7.38. The van der Waals surface area contributed by atoms with Gasteiger partial charge in [0.1, 0.15) is 0 Å². The molecule has 1 aromatic carbocycles. The Kier molecular flexibility index (Phi) is 3.40. The first-order valence-corrected chi connectivity index (χ1v) is 7.55. The van der Waals surface area contributed by atoms with Crippen LogP contribution >= 0.6 is 0 Å². The number of fused-ring (bicyclic) bond motifs is 1. The highest BCUT2D eigenvalue weighted by molar-refractivity contribution is 5.37. The molecule has 2 nitrogen and oxygen atoms in total. The maximum absolute atomic E-state index is 9.88. The van der Waals surface area contributed by atoms with Gasteiger partial charge >= 0.3 is 0 Å². The van der Waals surface area contributed by atoms with Crippen molar-refractivity contribution in [1.82, 2.24) is 4.90 Å². The highest BCUT2D eigenvalue weighted by atomic mass is 16.3. The normalized spacial score (nSPS) is 22.1. The minimum absolute atomic E-state index is 0.0936. The summed E-state index contributed by atoms with van der Waals surface area (Å²) in [5.74, 6) is 0. The Morgan fingerprint density at radius 3 is 2.47 bits per heavy atom. The first kappa shape index (κ1) is 13.1. The van der Waals surface area contributed by atoms with Gasteiger partial charge in [-0.15, -0.1) is 0 Å². The van der Waals surface area contributed by atoms with E-state index in [0.29, 0.717) is 12.6 Å². The van der Waals surface area contributed by atoms with Crippen LogP contribution in [0.25, 0.3) is 0 Å². The smallest absolute Gasteiger partial charge is 0.0505 e. The predicted octanol–water partition coefficient (Wildman–Crippen LogP) is 2.94. The van der Waals surface area contributed by atoms with Gasteiger partial charge in [0.05, 0.1) is 6.61 Å². The van der Waals surface area contributed by atoms with Gasteiger partial charge in [-0.25, -0.2) is 0 Å². The number of aliphatic hydroxyl groups is 1. The van der Waals surface area contributed by atoms with Crippen LogP contribution in [0, 0.1) is 5.41 Å². The zero-order valence-corrected chi connectivity index (χ0v) is 12.2. The van der Waals surface area contributed by atoms with Crippen LogP contribution in [0.5, 0.6) is 0 Å². The lowest BCUT2D eigenvalue weighted by atomic mass is 9.62. The zero-order chi connectivity index (χ0) is 13.5. The highest BCUT2D eigenvalue weighted by Crippen LogP contribution is 2.52. The Balaban J connectivity index is 1.96. The average Bonchev–Trinajstić information content (AvgIpc) is 2.80. The van der Waals surface area contributed by atoms with Crippen LogP contribution in [0.15, 0.2) is 18.2 Å². The van der Waals surface area contributed by atoms with Crippen molar-refractivity contribution < 1.29 is 5.11 Å². The third-order valence-corrected chi connectivity index (χ3v) is 5.20. The van der Waals surface area contributed by atoms with Gasteiger partial charge in [-0.05, 0) is 62.9 Å². The van der Waals surface area contributed by atoms with Gasteiger partial charge in [-0.3, -0.25) is 0 Å². The van der Waals surface area contributed by atoms with Gasteiger partial charge in [-0.2, -0.15) is 0 Å². The molecule has 104 valence electrons. The van der Waals surface area contributed by atoms with Gasteiger partial charge in [0.2, 0.25) is 0 Å². The van der Waals surface area contributed by atoms with Crippen molar-refractivity contribution in [1.29, 1.82) is 0 Å². The number of aryl methyl sites for hydroxylation is 2.